The minimum Gasteiger partial charge on any atom is -0.379 e. The van der Waals surface area contributed by atoms with E-state index < -0.39 is 11.7 Å². The summed E-state index contributed by atoms with van der Waals surface area (Å²) in [6.07, 6.45) is 2.47. The maximum atomic E-state index is 15.0. The van der Waals surface area contributed by atoms with Gasteiger partial charge in [-0.05, 0) is 30.7 Å². The van der Waals surface area contributed by atoms with Gasteiger partial charge in [0.1, 0.15) is 5.82 Å². The van der Waals surface area contributed by atoms with Gasteiger partial charge in [-0.2, -0.15) is 5.10 Å². The molecule has 160 valence electrons. The first-order chi connectivity index (χ1) is 14.2. The van der Waals surface area contributed by atoms with Gasteiger partial charge in [-0.3, -0.25) is 9.59 Å². The molecular formula is C22H27FN4O3. The summed E-state index contributed by atoms with van der Waals surface area (Å²) in [6, 6.07) is 2.91. The van der Waals surface area contributed by atoms with Crippen molar-refractivity contribution in [3.63, 3.8) is 0 Å². The van der Waals surface area contributed by atoms with Gasteiger partial charge in [0, 0.05) is 19.1 Å². The highest BCUT2D eigenvalue weighted by Crippen LogP contribution is 2.38. The van der Waals surface area contributed by atoms with Crippen LogP contribution in [-0.2, 0) is 17.6 Å². The number of nitrogens with zero attached hydrogens (tertiary/aromatic N) is 2. The summed E-state index contributed by atoms with van der Waals surface area (Å²) in [4.78, 5) is 24.7. The maximum absolute atomic E-state index is 15.0. The van der Waals surface area contributed by atoms with Gasteiger partial charge in [0.25, 0.3) is 5.91 Å². The highest BCUT2D eigenvalue weighted by Gasteiger charge is 2.36. The molecule has 3 N–H and O–H groups in total. The lowest BCUT2D eigenvalue weighted by Crippen LogP contribution is -2.28. The predicted molar refractivity (Wildman–Crippen MR) is 111 cm³/mol. The first-order valence-corrected chi connectivity index (χ1v) is 10.3. The summed E-state index contributed by atoms with van der Waals surface area (Å²) in [5, 5.41) is 7.84. The summed E-state index contributed by atoms with van der Waals surface area (Å²) in [5.41, 5.74) is 7.98. The van der Waals surface area contributed by atoms with Gasteiger partial charge >= 0.3 is 0 Å². The molecule has 2 aromatic rings. The van der Waals surface area contributed by atoms with Crippen LogP contribution in [0.25, 0.3) is 5.69 Å². The van der Waals surface area contributed by atoms with Crippen LogP contribution in [0, 0.1) is 11.2 Å². The van der Waals surface area contributed by atoms with Crippen molar-refractivity contribution >= 4 is 17.4 Å². The highest BCUT2D eigenvalue weighted by atomic mass is 19.1. The number of halogens is 1. The van der Waals surface area contributed by atoms with E-state index in [9.17, 15) is 14.0 Å². The normalized spacial score (nSPS) is 20.3. The average Bonchev–Trinajstić information content (AvgIpc) is 3.27. The third kappa shape index (κ3) is 3.60. The van der Waals surface area contributed by atoms with Crippen molar-refractivity contribution in [3.05, 3.63) is 40.5 Å². The molecular weight excluding hydrogens is 387 g/mol. The highest BCUT2D eigenvalue weighted by molar-refractivity contribution is 6.00. The zero-order valence-corrected chi connectivity index (χ0v) is 17.5. The van der Waals surface area contributed by atoms with Crippen LogP contribution >= 0.6 is 0 Å². The lowest BCUT2D eigenvalue weighted by molar-refractivity contribution is 0.0909. The van der Waals surface area contributed by atoms with E-state index in [1.165, 1.54) is 6.07 Å². The molecule has 0 radical (unpaired) electrons. The third-order valence-corrected chi connectivity index (χ3v) is 5.81. The molecule has 30 heavy (non-hydrogen) atoms. The fourth-order valence-electron chi connectivity index (χ4n) is 4.44. The number of primary amides is 1. The second kappa shape index (κ2) is 7.50. The molecule has 0 bridgehead atoms. The molecule has 1 aliphatic heterocycles. The van der Waals surface area contributed by atoms with Crippen LogP contribution in [0.3, 0.4) is 0 Å². The molecule has 0 saturated carbocycles. The summed E-state index contributed by atoms with van der Waals surface area (Å²) in [5.74, 6) is -1.49. The summed E-state index contributed by atoms with van der Waals surface area (Å²) in [6.45, 7) is 7.12. The van der Waals surface area contributed by atoms with Gasteiger partial charge in [-0.15, -0.1) is 0 Å². The maximum Gasteiger partial charge on any atom is 0.253 e. The number of ether oxygens (including phenoxy) is 1. The van der Waals surface area contributed by atoms with E-state index in [0.29, 0.717) is 55.1 Å². The number of carbonyl (C=O) groups is 2. The monoisotopic (exact) mass is 414 g/mol. The van der Waals surface area contributed by atoms with E-state index in [0.717, 1.165) is 12.1 Å². The predicted octanol–water partition coefficient (Wildman–Crippen LogP) is 3.03. The van der Waals surface area contributed by atoms with E-state index >= 15 is 0 Å². The van der Waals surface area contributed by atoms with Gasteiger partial charge in [0.15, 0.2) is 5.78 Å². The molecule has 1 atom stereocenters. The van der Waals surface area contributed by atoms with Gasteiger partial charge in [-0.1, -0.05) is 20.8 Å². The Labute approximate surface area is 174 Å². The van der Waals surface area contributed by atoms with Gasteiger partial charge in [0.2, 0.25) is 0 Å². The zero-order chi connectivity index (χ0) is 21.6. The van der Waals surface area contributed by atoms with Crippen molar-refractivity contribution in [2.75, 3.05) is 18.5 Å². The number of rotatable bonds is 5. The quantitative estimate of drug-likeness (QED) is 0.784. The smallest absolute Gasteiger partial charge is 0.253 e. The van der Waals surface area contributed by atoms with Crippen LogP contribution in [-0.4, -0.2) is 40.7 Å². The molecule has 0 spiro atoms. The SMILES string of the molecule is CCc1nn(-c2cc(F)c(C(N)=O)c(N[C@@H]3CCOC3)c2)c2c1C(=O)CC(C)(C)C2. The summed E-state index contributed by atoms with van der Waals surface area (Å²) in [7, 11) is 0. The minimum atomic E-state index is -0.839. The van der Waals surface area contributed by atoms with E-state index in [1.54, 1.807) is 10.7 Å². The number of hydrogen-bond acceptors (Lipinski definition) is 5. The largest absolute Gasteiger partial charge is 0.379 e. The second-order valence-electron chi connectivity index (χ2n) is 8.89. The number of amides is 1. The minimum absolute atomic E-state index is 0.0315. The van der Waals surface area contributed by atoms with Gasteiger partial charge in [-0.25, -0.2) is 9.07 Å². The first kappa shape index (κ1) is 20.5. The van der Waals surface area contributed by atoms with Crippen molar-refractivity contribution in [1.29, 1.82) is 0 Å². The summed E-state index contributed by atoms with van der Waals surface area (Å²) < 4.78 is 22.0. The van der Waals surface area contributed by atoms with Crippen LogP contribution in [0.1, 0.15) is 65.7 Å². The fourth-order valence-corrected chi connectivity index (χ4v) is 4.44. The molecule has 1 fully saturated rings. The lowest BCUT2D eigenvalue weighted by Gasteiger charge is -2.29. The molecule has 0 unspecified atom stereocenters. The number of ketones is 1. The Balaban J connectivity index is 1.86. The van der Waals surface area contributed by atoms with Crippen molar-refractivity contribution in [2.45, 2.75) is 52.5 Å². The Kier molecular flexibility index (Phi) is 5.13. The van der Waals surface area contributed by atoms with E-state index in [-0.39, 0.29) is 22.8 Å². The van der Waals surface area contributed by atoms with Crippen LogP contribution in [0.2, 0.25) is 0 Å². The number of Topliss-reactive ketones (excluding diaryl/α,β-unsaturated/α-hetero) is 1. The number of nitrogens with one attached hydrogen (secondary N) is 1. The molecule has 4 rings (SSSR count). The Morgan fingerprint density at radius 3 is 2.80 bits per heavy atom. The number of aryl methyl sites for hydroxylation is 1. The Morgan fingerprint density at radius 2 is 2.17 bits per heavy atom. The average molecular weight is 414 g/mol. The van der Waals surface area contributed by atoms with Crippen LogP contribution < -0.4 is 11.1 Å². The standard InChI is InChI=1S/C22H27FN4O3/c1-4-15-20-17(9-22(2,3)10-18(20)28)27(26-15)13-7-14(23)19(21(24)29)16(8-13)25-12-5-6-30-11-12/h7-8,12,25H,4-6,9-11H2,1-3H3,(H2,24,29)/t12-/m1/s1. The lowest BCUT2D eigenvalue weighted by atomic mass is 9.75. The molecule has 1 aromatic carbocycles. The van der Waals surface area contributed by atoms with Gasteiger partial charge < -0.3 is 15.8 Å². The number of benzene rings is 1. The molecule has 2 aliphatic rings. The van der Waals surface area contributed by atoms with Crippen LogP contribution in [0.4, 0.5) is 10.1 Å². The van der Waals surface area contributed by atoms with Crippen molar-refractivity contribution in [2.24, 2.45) is 11.1 Å². The molecule has 1 saturated heterocycles. The third-order valence-electron chi connectivity index (χ3n) is 5.81. The number of aromatic nitrogens is 2. The molecule has 1 amide bonds. The molecule has 1 aromatic heterocycles. The van der Waals surface area contributed by atoms with Gasteiger partial charge in [0.05, 0.1) is 46.5 Å². The van der Waals surface area contributed by atoms with E-state index in [1.807, 2.05) is 20.8 Å². The number of hydrogen-bond donors (Lipinski definition) is 2. The number of carbonyl (C=O) groups excluding carboxylic acids is 2. The Hall–Kier alpha value is -2.74. The van der Waals surface area contributed by atoms with Crippen LogP contribution in [0.15, 0.2) is 12.1 Å². The Bertz CT molecular complexity index is 1020. The topological polar surface area (TPSA) is 99.2 Å². The summed E-state index contributed by atoms with van der Waals surface area (Å²) >= 11 is 0. The molecule has 2 heterocycles. The van der Waals surface area contributed by atoms with Crippen molar-refractivity contribution < 1.29 is 18.7 Å². The van der Waals surface area contributed by atoms with E-state index in [2.05, 4.69) is 10.4 Å². The van der Waals surface area contributed by atoms with Crippen LogP contribution in [0.5, 0.6) is 0 Å². The molecule has 7 nitrogen and oxygen atoms in total. The zero-order valence-electron chi connectivity index (χ0n) is 17.5. The van der Waals surface area contributed by atoms with E-state index in [4.69, 9.17) is 10.5 Å². The second-order valence-corrected chi connectivity index (χ2v) is 8.89. The van der Waals surface area contributed by atoms with Crippen molar-refractivity contribution in [3.8, 4) is 5.69 Å². The number of fused-ring (bicyclic) bond motifs is 1. The first-order valence-electron chi connectivity index (χ1n) is 10.3. The molecule has 8 heteroatoms. The Morgan fingerprint density at radius 1 is 1.40 bits per heavy atom. The number of nitrogens with two attached hydrogens (primary N) is 1. The molecule has 1 aliphatic carbocycles. The number of anilines is 1. The van der Waals surface area contributed by atoms with Crippen molar-refractivity contribution in [1.82, 2.24) is 9.78 Å². The fraction of sp³-hybridized carbons (Fsp3) is 0.500.